The average molecular weight is 265 g/mol. The maximum absolute atomic E-state index is 11.9. The first kappa shape index (κ1) is 15.0. The monoisotopic (exact) mass is 265 g/mol. The molecule has 0 spiro atoms. The molecule has 0 radical (unpaired) electrons. The van der Waals surface area contributed by atoms with E-state index in [2.05, 4.69) is 0 Å². The number of amides is 1. The van der Waals surface area contributed by atoms with Gasteiger partial charge in [0.2, 0.25) is 5.91 Å². The van der Waals surface area contributed by atoms with Gasteiger partial charge in [0.05, 0.1) is 13.5 Å². The molecule has 19 heavy (non-hydrogen) atoms. The largest absolute Gasteiger partial charge is 0.497 e. The van der Waals surface area contributed by atoms with E-state index in [4.69, 9.17) is 9.84 Å². The molecule has 1 amide bonds. The molecule has 1 aromatic carbocycles. The summed E-state index contributed by atoms with van der Waals surface area (Å²) in [5.74, 6) is -0.147. The van der Waals surface area contributed by atoms with E-state index in [0.29, 0.717) is 19.4 Å². The quantitative estimate of drug-likeness (QED) is 0.812. The molecule has 0 fully saturated rings. The van der Waals surface area contributed by atoms with E-state index < -0.39 is 5.97 Å². The van der Waals surface area contributed by atoms with Crippen molar-refractivity contribution in [3.63, 3.8) is 0 Å². The zero-order valence-electron chi connectivity index (χ0n) is 11.3. The molecule has 1 rings (SSSR count). The van der Waals surface area contributed by atoms with Crippen molar-refractivity contribution in [2.45, 2.75) is 19.3 Å². The summed E-state index contributed by atoms with van der Waals surface area (Å²) in [6.45, 7) is 0.453. The van der Waals surface area contributed by atoms with Crippen molar-refractivity contribution in [2.75, 3.05) is 20.7 Å². The van der Waals surface area contributed by atoms with Crippen LogP contribution in [-0.2, 0) is 16.0 Å². The standard InChI is InChI=1S/C14H19NO4/c1-15(8-4-7-14(17)18)13(16)10-11-5-3-6-12(9-11)19-2/h3,5-6,9H,4,7-8,10H2,1-2H3,(H,17,18). The summed E-state index contributed by atoms with van der Waals surface area (Å²) in [6.07, 6.45) is 0.841. The second kappa shape index (κ2) is 7.41. The van der Waals surface area contributed by atoms with Gasteiger partial charge in [0.1, 0.15) is 5.75 Å². The number of carbonyl (C=O) groups is 2. The molecular weight excluding hydrogens is 246 g/mol. The number of carbonyl (C=O) groups excluding carboxylic acids is 1. The van der Waals surface area contributed by atoms with Crippen LogP contribution in [0, 0.1) is 0 Å². The van der Waals surface area contributed by atoms with Gasteiger partial charge < -0.3 is 14.7 Å². The molecule has 0 bridgehead atoms. The fourth-order valence-electron chi connectivity index (χ4n) is 1.68. The smallest absolute Gasteiger partial charge is 0.303 e. The Balaban J connectivity index is 2.46. The third kappa shape index (κ3) is 5.42. The Morgan fingerprint density at radius 1 is 1.37 bits per heavy atom. The van der Waals surface area contributed by atoms with Crippen LogP contribution in [0.4, 0.5) is 0 Å². The lowest BCUT2D eigenvalue weighted by molar-refractivity contribution is -0.138. The first-order valence-corrected chi connectivity index (χ1v) is 6.11. The van der Waals surface area contributed by atoms with Crippen molar-refractivity contribution >= 4 is 11.9 Å². The molecule has 0 unspecified atom stereocenters. The summed E-state index contributed by atoms with van der Waals surface area (Å²) < 4.78 is 5.10. The lowest BCUT2D eigenvalue weighted by Crippen LogP contribution is -2.29. The van der Waals surface area contributed by atoms with Crippen molar-refractivity contribution in [1.82, 2.24) is 4.90 Å². The van der Waals surface area contributed by atoms with E-state index in [1.165, 1.54) is 0 Å². The molecule has 5 heteroatoms. The van der Waals surface area contributed by atoms with Crippen LogP contribution in [0.5, 0.6) is 5.75 Å². The van der Waals surface area contributed by atoms with Gasteiger partial charge in [-0.1, -0.05) is 12.1 Å². The van der Waals surface area contributed by atoms with E-state index in [1.54, 1.807) is 19.1 Å². The number of likely N-dealkylation sites (N-methyl/N-ethyl adjacent to an activating group) is 1. The Hall–Kier alpha value is -2.04. The van der Waals surface area contributed by atoms with Gasteiger partial charge in [-0.25, -0.2) is 0 Å². The summed E-state index contributed by atoms with van der Waals surface area (Å²) >= 11 is 0. The predicted octanol–water partition coefficient (Wildman–Crippen LogP) is 1.56. The Bertz CT molecular complexity index is 445. The molecular formula is C14H19NO4. The maximum atomic E-state index is 11.9. The second-order valence-electron chi connectivity index (χ2n) is 4.34. The Morgan fingerprint density at radius 3 is 2.74 bits per heavy atom. The number of aliphatic carboxylic acids is 1. The molecule has 1 N–H and O–H groups in total. The predicted molar refractivity (Wildman–Crippen MR) is 71.2 cm³/mol. The SMILES string of the molecule is COc1cccc(CC(=O)N(C)CCCC(=O)O)c1. The number of rotatable bonds is 7. The molecule has 0 saturated heterocycles. The number of benzene rings is 1. The molecule has 5 nitrogen and oxygen atoms in total. The van der Waals surface area contributed by atoms with Crippen LogP contribution >= 0.6 is 0 Å². The fraction of sp³-hybridized carbons (Fsp3) is 0.429. The number of methoxy groups -OCH3 is 1. The number of carboxylic acids is 1. The summed E-state index contributed by atoms with van der Waals surface area (Å²) in [6, 6.07) is 7.35. The Labute approximate surface area is 112 Å². The van der Waals surface area contributed by atoms with Crippen molar-refractivity contribution in [3.8, 4) is 5.75 Å². The normalized spacial score (nSPS) is 10.0. The van der Waals surface area contributed by atoms with Crippen LogP contribution in [0.3, 0.4) is 0 Å². The van der Waals surface area contributed by atoms with Crippen molar-refractivity contribution in [2.24, 2.45) is 0 Å². The van der Waals surface area contributed by atoms with Gasteiger partial charge in [0.25, 0.3) is 0 Å². The van der Waals surface area contributed by atoms with Crippen molar-refractivity contribution in [1.29, 1.82) is 0 Å². The van der Waals surface area contributed by atoms with Gasteiger partial charge in [-0.2, -0.15) is 0 Å². The molecule has 0 heterocycles. The highest BCUT2D eigenvalue weighted by Crippen LogP contribution is 2.13. The van der Waals surface area contributed by atoms with Crippen LogP contribution in [0.25, 0.3) is 0 Å². The van der Waals surface area contributed by atoms with Crippen LogP contribution in [-0.4, -0.2) is 42.6 Å². The number of carboxylic acid groups (broad SMARTS) is 1. The van der Waals surface area contributed by atoms with Gasteiger partial charge in [0.15, 0.2) is 0 Å². The molecule has 104 valence electrons. The average Bonchev–Trinajstić information content (AvgIpc) is 2.38. The highest BCUT2D eigenvalue weighted by Gasteiger charge is 2.10. The molecule has 0 atom stereocenters. The lowest BCUT2D eigenvalue weighted by Gasteiger charge is -2.16. The highest BCUT2D eigenvalue weighted by molar-refractivity contribution is 5.78. The zero-order valence-corrected chi connectivity index (χ0v) is 11.3. The van der Waals surface area contributed by atoms with Crippen LogP contribution in [0.15, 0.2) is 24.3 Å². The molecule has 0 aromatic heterocycles. The Kier molecular flexibility index (Phi) is 5.85. The molecule has 1 aromatic rings. The second-order valence-corrected chi connectivity index (χ2v) is 4.34. The maximum Gasteiger partial charge on any atom is 0.303 e. The molecule has 0 aliphatic rings. The fourth-order valence-corrected chi connectivity index (χ4v) is 1.68. The van der Waals surface area contributed by atoms with Gasteiger partial charge in [-0.05, 0) is 24.1 Å². The van der Waals surface area contributed by atoms with E-state index in [0.717, 1.165) is 11.3 Å². The first-order chi connectivity index (χ1) is 9.02. The topological polar surface area (TPSA) is 66.8 Å². The minimum atomic E-state index is -0.839. The summed E-state index contributed by atoms with van der Waals surface area (Å²) in [4.78, 5) is 23.9. The third-order valence-corrected chi connectivity index (χ3v) is 2.80. The third-order valence-electron chi connectivity index (χ3n) is 2.80. The van der Waals surface area contributed by atoms with Gasteiger partial charge in [0, 0.05) is 20.0 Å². The number of hydrogen-bond acceptors (Lipinski definition) is 3. The number of ether oxygens (including phenoxy) is 1. The van der Waals surface area contributed by atoms with Crippen molar-refractivity contribution in [3.05, 3.63) is 29.8 Å². The zero-order chi connectivity index (χ0) is 14.3. The number of hydrogen-bond donors (Lipinski definition) is 1. The van der Waals surface area contributed by atoms with Gasteiger partial charge >= 0.3 is 5.97 Å². The van der Waals surface area contributed by atoms with Crippen LogP contribution < -0.4 is 4.74 Å². The minimum Gasteiger partial charge on any atom is -0.497 e. The van der Waals surface area contributed by atoms with Gasteiger partial charge in [-0.3, -0.25) is 9.59 Å². The summed E-state index contributed by atoms with van der Waals surface area (Å²) in [7, 11) is 3.27. The Morgan fingerprint density at radius 2 is 2.11 bits per heavy atom. The van der Waals surface area contributed by atoms with E-state index in [1.807, 2.05) is 24.3 Å². The van der Waals surface area contributed by atoms with Gasteiger partial charge in [-0.15, -0.1) is 0 Å². The van der Waals surface area contributed by atoms with E-state index >= 15 is 0 Å². The summed E-state index contributed by atoms with van der Waals surface area (Å²) in [5, 5.41) is 8.54. The van der Waals surface area contributed by atoms with Crippen LogP contribution in [0.2, 0.25) is 0 Å². The lowest BCUT2D eigenvalue weighted by atomic mass is 10.1. The molecule has 0 saturated carbocycles. The van der Waals surface area contributed by atoms with E-state index in [-0.39, 0.29) is 12.3 Å². The molecule has 0 aliphatic heterocycles. The summed E-state index contributed by atoms with van der Waals surface area (Å²) in [5.41, 5.74) is 0.884. The minimum absolute atomic E-state index is 0.0290. The number of nitrogens with zero attached hydrogens (tertiary/aromatic N) is 1. The van der Waals surface area contributed by atoms with Crippen molar-refractivity contribution < 1.29 is 19.4 Å². The molecule has 0 aliphatic carbocycles. The van der Waals surface area contributed by atoms with E-state index in [9.17, 15) is 9.59 Å². The highest BCUT2D eigenvalue weighted by atomic mass is 16.5. The van der Waals surface area contributed by atoms with Crippen LogP contribution in [0.1, 0.15) is 18.4 Å². The first-order valence-electron chi connectivity index (χ1n) is 6.11.